The summed E-state index contributed by atoms with van der Waals surface area (Å²) in [7, 11) is 0. The molecule has 1 amide bonds. The highest BCUT2D eigenvalue weighted by atomic mass is 35.5. The van der Waals surface area contributed by atoms with Crippen LogP contribution in [0.3, 0.4) is 0 Å². The van der Waals surface area contributed by atoms with Gasteiger partial charge in [0.25, 0.3) is 0 Å². The molecule has 0 aliphatic rings. The van der Waals surface area contributed by atoms with Gasteiger partial charge in [-0.05, 0) is 52.3 Å². The summed E-state index contributed by atoms with van der Waals surface area (Å²) in [5.74, 6) is -0.171. The van der Waals surface area contributed by atoms with Crippen LogP contribution >= 0.6 is 23.2 Å². The van der Waals surface area contributed by atoms with Crippen molar-refractivity contribution in [2.75, 3.05) is 5.32 Å². The Morgan fingerprint density at radius 3 is 2.43 bits per heavy atom. The zero-order valence-electron chi connectivity index (χ0n) is 16.5. The van der Waals surface area contributed by atoms with Crippen molar-refractivity contribution in [2.45, 2.75) is 47.2 Å². The Balaban J connectivity index is 1.81. The van der Waals surface area contributed by atoms with E-state index < -0.39 is 6.04 Å². The highest BCUT2D eigenvalue weighted by Gasteiger charge is 2.23. The van der Waals surface area contributed by atoms with Crippen molar-refractivity contribution in [3.05, 3.63) is 62.6 Å². The summed E-state index contributed by atoms with van der Waals surface area (Å²) in [6.07, 6.45) is 0. The molecule has 3 aromatic rings. The van der Waals surface area contributed by atoms with Gasteiger partial charge in [-0.3, -0.25) is 14.2 Å². The first-order chi connectivity index (χ1) is 13.2. The van der Waals surface area contributed by atoms with Crippen molar-refractivity contribution in [3.63, 3.8) is 0 Å². The summed E-state index contributed by atoms with van der Waals surface area (Å²) >= 11 is 12.3. The van der Waals surface area contributed by atoms with Crippen molar-refractivity contribution >= 4 is 34.8 Å². The Bertz CT molecular complexity index is 1040. The van der Waals surface area contributed by atoms with Crippen LogP contribution < -0.4 is 5.32 Å². The van der Waals surface area contributed by atoms with Gasteiger partial charge in [0.05, 0.1) is 40.0 Å². The van der Waals surface area contributed by atoms with Crippen LogP contribution in [-0.4, -0.2) is 25.5 Å². The number of nitrogens with zero attached hydrogens (tertiary/aromatic N) is 4. The van der Waals surface area contributed by atoms with Crippen LogP contribution in [0, 0.1) is 27.7 Å². The smallest absolute Gasteiger partial charge is 0.249 e. The minimum Gasteiger partial charge on any atom is -0.321 e. The number of aromatic nitrogens is 4. The summed E-state index contributed by atoms with van der Waals surface area (Å²) in [6.45, 7) is 9.86. The number of carbonyl (C=O) groups is 1. The minimum absolute atomic E-state index is 0.171. The van der Waals surface area contributed by atoms with E-state index in [4.69, 9.17) is 23.2 Å². The molecule has 2 heterocycles. The maximum Gasteiger partial charge on any atom is 0.249 e. The third-order valence-electron chi connectivity index (χ3n) is 4.83. The molecule has 0 saturated carbocycles. The molecule has 28 heavy (non-hydrogen) atoms. The molecular formula is C20H23Cl2N5O. The second-order valence-electron chi connectivity index (χ2n) is 6.93. The third kappa shape index (κ3) is 3.93. The Hall–Kier alpha value is -2.31. The van der Waals surface area contributed by atoms with Crippen molar-refractivity contribution in [2.24, 2.45) is 0 Å². The van der Waals surface area contributed by atoms with Crippen LogP contribution in [0.15, 0.2) is 24.3 Å². The largest absolute Gasteiger partial charge is 0.321 e. The molecule has 1 N–H and O–H groups in total. The zero-order valence-corrected chi connectivity index (χ0v) is 18.1. The number of aryl methyl sites for hydroxylation is 2. The van der Waals surface area contributed by atoms with Crippen LogP contribution in [-0.2, 0) is 11.3 Å². The molecule has 6 nitrogen and oxygen atoms in total. The molecule has 1 aromatic carbocycles. The summed E-state index contributed by atoms with van der Waals surface area (Å²) in [5, 5.41) is 13.2. The van der Waals surface area contributed by atoms with E-state index in [1.807, 2.05) is 56.6 Å². The average Bonchev–Trinajstić information content (AvgIpc) is 3.05. The van der Waals surface area contributed by atoms with Gasteiger partial charge in [-0.2, -0.15) is 10.2 Å². The second kappa shape index (κ2) is 7.97. The first kappa shape index (κ1) is 20.4. The number of anilines is 1. The molecule has 8 heteroatoms. The maximum atomic E-state index is 12.8. The molecular weight excluding hydrogens is 397 g/mol. The van der Waals surface area contributed by atoms with Gasteiger partial charge in [-0.1, -0.05) is 35.3 Å². The lowest BCUT2D eigenvalue weighted by Gasteiger charge is -2.15. The van der Waals surface area contributed by atoms with Crippen molar-refractivity contribution < 1.29 is 4.79 Å². The molecule has 2 aromatic heterocycles. The van der Waals surface area contributed by atoms with E-state index in [1.165, 1.54) is 0 Å². The Labute approximate surface area is 174 Å². The van der Waals surface area contributed by atoms with Gasteiger partial charge in [-0.25, -0.2) is 0 Å². The Kier molecular flexibility index (Phi) is 5.82. The molecule has 0 aliphatic heterocycles. The standard InChI is InChI=1S/C20H23Cl2N5O/c1-11-18(22)13(3)27(25-11)15(5)20(28)23-19-12(2)24-26(14(19)4)10-16-7-6-8-17(21)9-16/h6-9,15H,10H2,1-5H3,(H,23,28). The number of hydrogen-bond donors (Lipinski definition) is 1. The van der Waals surface area contributed by atoms with Gasteiger partial charge in [0.15, 0.2) is 0 Å². The van der Waals surface area contributed by atoms with Crippen molar-refractivity contribution in [3.8, 4) is 0 Å². The molecule has 0 radical (unpaired) electrons. The number of benzene rings is 1. The van der Waals surface area contributed by atoms with Gasteiger partial charge >= 0.3 is 0 Å². The maximum absolute atomic E-state index is 12.8. The summed E-state index contributed by atoms with van der Waals surface area (Å²) in [4.78, 5) is 12.8. The highest BCUT2D eigenvalue weighted by Crippen LogP contribution is 2.25. The van der Waals surface area contributed by atoms with Crippen molar-refractivity contribution in [1.82, 2.24) is 19.6 Å². The van der Waals surface area contributed by atoms with Crippen LogP contribution in [0.4, 0.5) is 5.69 Å². The van der Waals surface area contributed by atoms with E-state index in [2.05, 4.69) is 15.5 Å². The van der Waals surface area contributed by atoms with Crippen LogP contribution in [0.1, 0.15) is 41.3 Å². The lowest BCUT2D eigenvalue weighted by atomic mass is 10.2. The number of nitrogens with one attached hydrogen (secondary N) is 1. The molecule has 0 fully saturated rings. The SMILES string of the molecule is Cc1nn(C(C)C(=O)Nc2c(C)nn(Cc3cccc(Cl)c3)c2C)c(C)c1Cl. The first-order valence-electron chi connectivity index (χ1n) is 8.99. The van der Waals surface area contributed by atoms with E-state index >= 15 is 0 Å². The lowest BCUT2D eigenvalue weighted by Crippen LogP contribution is -2.25. The number of rotatable bonds is 5. The third-order valence-corrected chi connectivity index (χ3v) is 5.62. The fourth-order valence-corrected chi connectivity index (χ4v) is 3.54. The van der Waals surface area contributed by atoms with E-state index in [9.17, 15) is 4.79 Å². The first-order valence-corrected chi connectivity index (χ1v) is 9.75. The van der Waals surface area contributed by atoms with Gasteiger partial charge in [0.1, 0.15) is 6.04 Å². The van der Waals surface area contributed by atoms with Crippen molar-refractivity contribution in [1.29, 1.82) is 0 Å². The molecule has 1 atom stereocenters. The van der Waals surface area contributed by atoms with Gasteiger partial charge < -0.3 is 5.32 Å². The van der Waals surface area contributed by atoms with E-state index in [0.717, 1.165) is 22.6 Å². The topological polar surface area (TPSA) is 64.7 Å². The summed E-state index contributed by atoms with van der Waals surface area (Å²) in [5.41, 5.74) is 4.87. The van der Waals surface area contributed by atoms with Gasteiger partial charge in [-0.15, -0.1) is 0 Å². The van der Waals surface area contributed by atoms with E-state index in [0.29, 0.717) is 28.0 Å². The molecule has 1 unspecified atom stereocenters. The van der Waals surface area contributed by atoms with Gasteiger partial charge in [0, 0.05) is 5.02 Å². The predicted molar refractivity (Wildman–Crippen MR) is 112 cm³/mol. The minimum atomic E-state index is -0.499. The number of amides is 1. The summed E-state index contributed by atoms with van der Waals surface area (Å²) in [6, 6.07) is 7.15. The Morgan fingerprint density at radius 1 is 1.11 bits per heavy atom. The normalized spacial score (nSPS) is 12.2. The quantitative estimate of drug-likeness (QED) is 0.641. The summed E-state index contributed by atoms with van der Waals surface area (Å²) < 4.78 is 3.51. The van der Waals surface area contributed by atoms with Crippen LogP contribution in [0.2, 0.25) is 10.0 Å². The number of carbonyl (C=O) groups excluding carboxylic acids is 1. The monoisotopic (exact) mass is 419 g/mol. The Morgan fingerprint density at radius 2 is 1.82 bits per heavy atom. The van der Waals surface area contributed by atoms with E-state index in [-0.39, 0.29) is 5.91 Å². The van der Waals surface area contributed by atoms with E-state index in [1.54, 1.807) is 11.6 Å². The molecule has 0 aliphatic carbocycles. The fraction of sp³-hybridized carbons (Fsp3) is 0.350. The van der Waals surface area contributed by atoms with Crippen LogP contribution in [0.25, 0.3) is 0 Å². The lowest BCUT2D eigenvalue weighted by molar-refractivity contribution is -0.119. The number of hydrogen-bond acceptors (Lipinski definition) is 3. The molecule has 148 valence electrons. The molecule has 0 bridgehead atoms. The highest BCUT2D eigenvalue weighted by molar-refractivity contribution is 6.31. The molecule has 0 saturated heterocycles. The number of halogens is 2. The molecule has 0 spiro atoms. The zero-order chi connectivity index (χ0) is 20.6. The molecule has 3 rings (SSSR count). The predicted octanol–water partition coefficient (Wildman–Crippen LogP) is 4.87. The fourth-order valence-electron chi connectivity index (χ4n) is 3.20. The van der Waals surface area contributed by atoms with Crippen LogP contribution in [0.5, 0.6) is 0 Å². The average molecular weight is 420 g/mol. The van der Waals surface area contributed by atoms with Gasteiger partial charge in [0.2, 0.25) is 5.91 Å². The second-order valence-corrected chi connectivity index (χ2v) is 7.74.